The lowest BCUT2D eigenvalue weighted by Crippen LogP contribution is -2.50. The van der Waals surface area contributed by atoms with Crippen LogP contribution in [0.25, 0.3) is 0 Å². The van der Waals surface area contributed by atoms with Gasteiger partial charge in [0.15, 0.2) is 0 Å². The first-order valence-electron chi connectivity index (χ1n) is 12.9. The Morgan fingerprint density at radius 2 is 1.65 bits per heavy atom. The predicted molar refractivity (Wildman–Crippen MR) is 156 cm³/mol. The molecule has 0 unspecified atom stereocenters. The van der Waals surface area contributed by atoms with Crippen LogP contribution in [-0.2, 0) is 38.9 Å². The van der Waals surface area contributed by atoms with Gasteiger partial charge in [0.2, 0.25) is 5.91 Å². The molecular weight excluding hydrogens is 552 g/mol. The number of hydrogen-bond acceptors (Lipinski definition) is 8. The Bertz CT molecular complexity index is 1370. The van der Waals surface area contributed by atoms with Gasteiger partial charge in [-0.2, -0.15) is 8.42 Å². The molecule has 0 saturated heterocycles. The normalized spacial score (nSPS) is 13.2. The smallest absolute Gasteiger partial charge is 0.408 e. The standard InChI is InChI=1S/C28H36N4O6S2/c1-5-21-17-39-26(30-21)24(16-20-11-13-22(14-12-20)29-18-40(35,36)37)31-25(33)23(15-19-9-7-6-8-10-19)32-27(34)38-28(2,3)4/h6-14,17,23-24,29H,5,15-16,18H2,1-4H3,(H,31,33)(H,32,34)(H,35,36,37)/t23-,24-/m0/s1. The van der Waals surface area contributed by atoms with Crippen molar-refractivity contribution in [3.63, 3.8) is 0 Å². The van der Waals surface area contributed by atoms with E-state index in [1.54, 1.807) is 45.0 Å². The summed E-state index contributed by atoms with van der Waals surface area (Å²) in [7, 11) is -4.16. The average Bonchev–Trinajstić information content (AvgIpc) is 3.36. The first-order chi connectivity index (χ1) is 18.8. The Labute approximate surface area is 239 Å². The van der Waals surface area contributed by atoms with E-state index in [1.165, 1.54) is 11.3 Å². The fraction of sp³-hybridized carbons (Fsp3) is 0.393. The van der Waals surface area contributed by atoms with Crippen LogP contribution >= 0.6 is 11.3 Å². The van der Waals surface area contributed by atoms with Gasteiger partial charge in [0.05, 0.1) is 11.7 Å². The number of benzene rings is 2. The number of nitrogens with zero attached hydrogens (tertiary/aromatic N) is 1. The van der Waals surface area contributed by atoms with E-state index in [0.29, 0.717) is 12.1 Å². The second-order valence-corrected chi connectivity index (χ2v) is 12.6. The molecule has 0 radical (unpaired) electrons. The fourth-order valence-corrected chi connectivity index (χ4v) is 5.10. The number of thiazole rings is 1. The van der Waals surface area contributed by atoms with Crippen molar-refractivity contribution in [2.24, 2.45) is 0 Å². The molecule has 40 heavy (non-hydrogen) atoms. The second kappa shape index (κ2) is 13.7. The number of alkyl carbamates (subject to hydrolysis) is 1. The lowest BCUT2D eigenvalue weighted by atomic mass is 10.0. The van der Waals surface area contributed by atoms with Crippen LogP contribution in [0.2, 0.25) is 0 Å². The summed E-state index contributed by atoms with van der Waals surface area (Å²) < 4.78 is 36.4. The van der Waals surface area contributed by atoms with Crippen molar-refractivity contribution in [2.45, 2.75) is 64.6 Å². The molecular formula is C28H36N4O6S2. The van der Waals surface area contributed by atoms with Crippen molar-refractivity contribution < 1.29 is 27.3 Å². The molecule has 3 aromatic rings. The maximum Gasteiger partial charge on any atom is 0.408 e. The van der Waals surface area contributed by atoms with Crippen molar-refractivity contribution in [2.75, 3.05) is 11.2 Å². The summed E-state index contributed by atoms with van der Waals surface area (Å²) in [5.41, 5.74) is 2.47. The van der Waals surface area contributed by atoms with Crippen LogP contribution in [0.15, 0.2) is 60.0 Å². The molecule has 1 aromatic heterocycles. The lowest BCUT2D eigenvalue weighted by Gasteiger charge is -2.25. The topological polar surface area (TPSA) is 147 Å². The van der Waals surface area contributed by atoms with Crippen molar-refractivity contribution in [3.05, 3.63) is 81.8 Å². The minimum absolute atomic E-state index is 0.269. The lowest BCUT2D eigenvalue weighted by molar-refractivity contribution is -0.124. The number of aromatic nitrogens is 1. The number of carbonyl (C=O) groups excluding carboxylic acids is 2. The van der Waals surface area contributed by atoms with Crippen molar-refractivity contribution in [1.29, 1.82) is 0 Å². The van der Waals surface area contributed by atoms with E-state index in [9.17, 15) is 18.0 Å². The van der Waals surface area contributed by atoms with Crippen molar-refractivity contribution >= 4 is 39.1 Å². The van der Waals surface area contributed by atoms with Crippen LogP contribution in [0.1, 0.15) is 55.6 Å². The minimum atomic E-state index is -4.16. The number of aryl methyl sites for hydroxylation is 1. The summed E-state index contributed by atoms with van der Waals surface area (Å²) in [5, 5.41) is 11.1. The van der Waals surface area contributed by atoms with E-state index >= 15 is 0 Å². The van der Waals surface area contributed by atoms with Gasteiger partial charge < -0.3 is 20.7 Å². The Morgan fingerprint density at radius 1 is 1.00 bits per heavy atom. The third-order valence-corrected chi connectivity index (χ3v) is 7.21. The van der Waals surface area contributed by atoms with E-state index in [-0.39, 0.29) is 12.3 Å². The molecule has 216 valence electrons. The SMILES string of the molecule is CCc1csc([C@H](Cc2ccc(NCS(=O)(=O)O)cc2)NC(=O)[C@H](Cc2ccccc2)NC(=O)OC(C)(C)C)n1. The number of carbonyl (C=O) groups is 2. The molecule has 2 atom stereocenters. The van der Waals surface area contributed by atoms with Gasteiger partial charge in [-0.3, -0.25) is 9.35 Å². The molecule has 0 fully saturated rings. The third kappa shape index (κ3) is 10.6. The van der Waals surface area contributed by atoms with Gasteiger partial charge in [-0.15, -0.1) is 11.3 Å². The zero-order valence-corrected chi connectivity index (χ0v) is 24.6. The molecule has 4 N–H and O–H groups in total. The van der Waals surface area contributed by atoms with Gasteiger partial charge in [-0.05, 0) is 56.9 Å². The molecule has 0 aliphatic heterocycles. The van der Waals surface area contributed by atoms with Crippen molar-refractivity contribution in [3.8, 4) is 0 Å². The maximum absolute atomic E-state index is 13.6. The highest BCUT2D eigenvalue weighted by atomic mass is 32.2. The van der Waals surface area contributed by atoms with Crippen LogP contribution in [0, 0.1) is 0 Å². The number of hydrogen-bond donors (Lipinski definition) is 4. The zero-order valence-electron chi connectivity index (χ0n) is 23.0. The van der Waals surface area contributed by atoms with E-state index in [2.05, 4.69) is 20.9 Å². The molecule has 2 amide bonds. The molecule has 1 heterocycles. The first-order valence-corrected chi connectivity index (χ1v) is 15.4. The van der Waals surface area contributed by atoms with E-state index in [1.807, 2.05) is 42.6 Å². The number of rotatable bonds is 12. The summed E-state index contributed by atoms with van der Waals surface area (Å²) in [6, 6.07) is 15.0. The van der Waals surface area contributed by atoms with Crippen LogP contribution in [0.5, 0.6) is 0 Å². The van der Waals surface area contributed by atoms with E-state index in [0.717, 1.165) is 28.2 Å². The Balaban J connectivity index is 1.81. The molecule has 12 heteroatoms. The molecule has 0 aliphatic carbocycles. The van der Waals surface area contributed by atoms with Crippen LogP contribution in [0.3, 0.4) is 0 Å². The van der Waals surface area contributed by atoms with Crippen LogP contribution in [-0.4, -0.2) is 47.5 Å². The average molecular weight is 589 g/mol. The molecule has 10 nitrogen and oxygen atoms in total. The van der Waals surface area contributed by atoms with Gasteiger partial charge in [0.1, 0.15) is 22.5 Å². The number of amides is 2. The van der Waals surface area contributed by atoms with E-state index in [4.69, 9.17) is 9.29 Å². The van der Waals surface area contributed by atoms with Gasteiger partial charge in [-0.25, -0.2) is 9.78 Å². The molecule has 3 rings (SSSR count). The number of nitrogens with one attached hydrogen (secondary N) is 3. The summed E-state index contributed by atoms with van der Waals surface area (Å²) in [6.45, 7) is 7.27. The minimum Gasteiger partial charge on any atom is -0.444 e. The molecule has 2 aromatic carbocycles. The molecule has 0 saturated carbocycles. The quantitative estimate of drug-likeness (QED) is 0.226. The largest absolute Gasteiger partial charge is 0.444 e. The van der Waals surface area contributed by atoms with Crippen LogP contribution < -0.4 is 16.0 Å². The summed E-state index contributed by atoms with van der Waals surface area (Å²) >= 11 is 1.45. The molecule has 0 aliphatic rings. The molecule has 0 bridgehead atoms. The summed E-state index contributed by atoms with van der Waals surface area (Å²) in [6.07, 6.45) is 0.744. The van der Waals surface area contributed by atoms with Gasteiger partial charge in [0, 0.05) is 17.5 Å². The Morgan fingerprint density at radius 3 is 2.23 bits per heavy atom. The van der Waals surface area contributed by atoms with Crippen molar-refractivity contribution in [1.82, 2.24) is 15.6 Å². The highest BCUT2D eigenvalue weighted by molar-refractivity contribution is 7.85. The summed E-state index contributed by atoms with van der Waals surface area (Å²) in [4.78, 5) is 30.9. The number of ether oxygens (including phenoxy) is 1. The Hall–Kier alpha value is -3.48. The Kier molecular flexibility index (Phi) is 10.7. The van der Waals surface area contributed by atoms with Gasteiger partial charge in [0.25, 0.3) is 10.1 Å². The highest BCUT2D eigenvalue weighted by Gasteiger charge is 2.28. The maximum atomic E-state index is 13.6. The predicted octanol–water partition coefficient (Wildman–Crippen LogP) is 4.50. The highest BCUT2D eigenvalue weighted by Crippen LogP contribution is 2.24. The summed E-state index contributed by atoms with van der Waals surface area (Å²) in [5.74, 6) is -0.975. The first kappa shape index (κ1) is 31.1. The number of anilines is 1. The van der Waals surface area contributed by atoms with Crippen LogP contribution in [0.4, 0.5) is 10.5 Å². The zero-order chi connectivity index (χ0) is 29.3. The second-order valence-electron chi connectivity index (χ2n) is 10.3. The fourth-order valence-electron chi connectivity index (χ4n) is 3.80. The monoisotopic (exact) mass is 588 g/mol. The van der Waals surface area contributed by atoms with Gasteiger partial charge in [-0.1, -0.05) is 49.4 Å². The molecule has 0 spiro atoms. The van der Waals surface area contributed by atoms with E-state index < -0.39 is 39.8 Å². The van der Waals surface area contributed by atoms with Gasteiger partial charge >= 0.3 is 6.09 Å². The third-order valence-electron chi connectivity index (χ3n) is 5.69.